The van der Waals surface area contributed by atoms with Crippen molar-refractivity contribution in [1.82, 2.24) is 15.1 Å². The zero-order valence-electron chi connectivity index (χ0n) is 8.28. The van der Waals surface area contributed by atoms with Crippen LogP contribution in [0.2, 0.25) is 5.02 Å². The Kier molecular flexibility index (Phi) is 4.93. The van der Waals surface area contributed by atoms with Crippen molar-refractivity contribution in [2.24, 2.45) is 0 Å². The second-order valence-electron chi connectivity index (χ2n) is 3.15. The third-order valence-electron chi connectivity index (χ3n) is 2.02. The molecule has 5 heteroatoms. The van der Waals surface area contributed by atoms with E-state index in [-0.39, 0.29) is 12.6 Å². The van der Waals surface area contributed by atoms with Crippen LogP contribution in [0.1, 0.15) is 13.3 Å². The highest BCUT2D eigenvalue weighted by molar-refractivity contribution is 6.30. The molecule has 1 aromatic heterocycles. The zero-order chi connectivity index (χ0) is 10.4. The summed E-state index contributed by atoms with van der Waals surface area (Å²) in [6, 6.07) is 0.142. The van der Waals surface area contributed by atoms with Crippen molar-refractivity contribution < 1.29 is 5.11 Å². The molecule has 0 aliphatic rings. The molecule has 0 aliphatic heterocycles. The fraction of sp³-hybridized carbons (Fsp3) is 0.667. The van der Waals surface area contributed by atoms with Crippen LogP contribution in [0.4, 0.5) is 0 Å². The number of hydrogen-bond donors (Lipinski definition) is 2. The van der Waals surface area contributed by atoms with E-state index in [9.17, 15) is 0 Å². The van der Waals surface area contributed by atoms with E-state index in [1.807, 2.05) is 6.92 Å². The molecule has 1 atom stereocenters. The highest BCUT2D eigenvalue weighted by Crippen LogP contribution is 2.05. The second kappa shape index (κ2) is 6.01. The van der Waals surface area contributed by atoms with Crippen LogP contribution < -0.4 is 5.32 Å². The van der Waals surface area contributed by atoms with E-state index in [1.165, 1.54) is 0 Å². The lowest BCUT2D eigenvalue weighted by molar-refractivity contribution is 0.232. The smallest absolute Gasteiger partial charge is 0.0785 e. The first kappa shape index (κ1) is 11.5. The number of aliphatic hydroxyl groups is 1. The van der Waals surface area contributed by atoms with E-state index < -0.39 is 0 Å². The monoisotopic (exact) mass is 217 g/mol. The van der Waals surface area contributed by atoms with E-state index in [2.05, 4.69) is 10.4 Å². The van der Waals surface area contributed by atoms with Gasteiger partial charge in [-0.05, 0) is 13.0 Å². The molecule has 0 radical (unpaired) electrons. The number of aryl methyl sites for hydroxylation is 1. The largest absolute Gasteiger partial charge is 0.395 e. The van der Waals surface area contributed by atoms with Crippen molar-refractivity contribution in [2.45, 2.75) is 25.9 Å². The van der Waals surface area contributed by atoms with Gasteiger partial charge >= 0.3 is 0 Å². The maximum absolute atomic E-state index is 9.02. The number of likely N-dealkylation sites (N-methyl/N-ethyl adjacent to an activating group) is 1. The molecule has 0 saturated heterocycles. The standard InChI is InChI=1S/C9H16ClN3O/c1-2-11-9(7-14)3-4-13-6-8(10)5-12-13/h5-6,9,11,14H,2-4,7H2,1H3. The molecule has 0 saturated carbocycles. The van der Waals surface area contributed by atoms with Gasteiger partial charge in [0.05, 0.1) is 17.8 Å². The molecule has 1 rings (SSSR count). The Morgan fingerprint density at radius 2 is 2.50 bits per heavy atom. The average Bonchev–Trinajstić information content (AvgIpc) is 2.59. The average molecular weight is 218 g/mol. The van der Waals surface area contributed by atoms with Crippen molar-refractivity contribution in [3.8, 4) is 0 Å². The van der Waals surface area contributed by atoms with Crippen LogP contribution in [0, 0.1) is 0 Å². The summed E-state index contributed by atoms with van der Waals surface area (Å²) in [5.41, 5.74) is 0. The van der Waals surface area contributed by atoms with Crippen LogP contribution >= 0.6 is 11.6 Å². The van der Waals surface area contributed by atoms with E-state index in [4.69, 9.17) is 16.7 Å². The van der Waals surface area contributed by atoms with Gasteiger partial charge in [0, 0.05) is 18.8 Å². The molecule has 1 heterocycles. The summed E-state index contributed by atoms with van der Waals surface area (Å²) < 4.78 is 1.78. The maximum atomic E-state index is 9.02. The van der Waals surface area contributed by atoms with Crippen LogP contribution in [-0.2, 0) is 6.54 Å². The lowest BCUT2D eigenvalue weighted by atomic mass is 10.2. The number of hydrogen-bond acceptors (Lipinski definition) is 3. The maximum Gasteiger partial charge on any atom is 0.0785 e. The third kappa shape index (κ3) is 3.65. The van der Waals surface area contributed by atoms with Gasteiger partial charge in [0.1, 0.15) is 0 Å². The van der Waals surface area contributed by atoms with Gasteiger partial charge < -0.3 is 10.4 Å². The van der Waals surface area contributed by atoms with E-state index >= 15 is 0 Å². The number of rotatable bonds is 6. The predicted octanol–water partition coefficient (Wildman–Crippen LogP) is 0.897. The summed E-state index contributed by atoms with van der Waals surface area (Å²) in [6.07, 6.45) is 4.24. The third-order valence-corrected chi connectivity index (χ3v) is 2.22. The van der Waals surface area contributed by atoms with Crippen molar-refractivity contribution in [3.63, 3.8) is 0 Å². The van der Waals surface area contributed by atoms with Gasteiger partial charge in [-0.2, -0.15) is 5.10 Å². The Bertz CT molecular complexity index is 264. The first-order chi connectivity index (χ1) is 6.76. The Morgan fingerprint density at radius 3 is 3.00 bits per heavy atom. The van der Waals surface area contributed by atoms with Crippen LogP contribution in [0.5, 0.6) is 0 Å². The highest BCUT2D eigenvalue weighted by atomic mass is 35.5. The molecule has 0 fully saturated rings. The summed E-state index contributed by atoms with van der Waals surface area (Å²) >= 11 is 5.72. The van der Waals surface area contributed by atoms with Crippen LogP contribution in [0.15, 0.2) is 12.4 Å². The van der Waals surface area contributed by atoms with Crippen LogP contribution in [0.3, 0.4) is 0 Å². The van der Waals surface area contributed by atoms with Gasteiger partial charge in [-0.25, -0.2) is 0 Å². The predicted molar refractivity (Wildman–Crippen MR) is 56.4 cm³/mol. The first-order valence-corrected chi connectivity index (χ1v) is 5.16. The summed E-state index contributed by atoms with van der Waals surface area (Å²) in [6.45, 7) is 3.81. The summed E-state index contributed by atoms with van der Waals surface area (Å²) in [5, 5.41) is 16.9. The van der Waals surface area contributed by atoms with Crippen molar-refractivity contribution in [1.29, 1.82) is 0 Å². The van der Waals surface area contributed by atoms with Gasteiger partial charge in [-0.3, -0.25) is 4.68 Å². The molecule has 1 unspecified atom stereocenters. The zero-order valence-corrected chi connectivity index (χ0v) is 9.04. The van der Waals surface area contributed by atoms with Crippen molar-refractivity contribution in [2.75, 3.05) is 13.2 Å². The Hall–Kier alpha value is -0.580. The topological polar surface area (TPSA) is 50.1 Å². The van der Waals surface area contributed by atoms with Crippen molar-refractivity contribution >= 4 is 11.6 Å². The van der Waals surface area contributed by atoms with Gasteiger partial charge in [-0.1, -0.05) is 18.5 Å². The Labute approximate surface area is 88.9 Å². The highest BCUT2D eigenvalue weighted by Gasteiger charge is 2.05. The van der Waals surface area contributed by atoms with Crippen LogP contribution in [-0.4, -0.2) is 34.1 Å². The Morgan fingerprint density at radius 1 is 1.71 bits per heavy atom. The van der Waals surface area contributed by atoms with Gasteiger partial charge in [-0.15, -0.1) is 0 Å². The summed E-state index contributed by atoms with van der Waals surface area (Å²) in [4.78, 5) is 0. The molecule has 0 amide bonds. The SMILES string of the molecule is CCNC(CO)CCn1cc(Cl)cn1. The normalized spacial score (nSPS) is 13.1. The van der Waals surface area contributed by atoms with Gasteiger partial charge in [0.15, 0.2) is 0 Å². The number of nitrogens with one attached hydrogen (secondary N) is 1. The summed E-state index contributed by atoms with van der Waals surface area (Å²) in [7, 11) is 0. The van der Waals surface area contributed by atoms with E-state index in [1.54, 1.807) is 17.1 Å². The first-order valence-electron chi connectivity index (χ1n) is 4.78. The quantitative estimate of drug-likeness (QED) is 0.745. The molecule has 0 aliphatic carbocycles. The van der Waals surface area contributed by atoms with E-state index in [0.717, 1.165) is 19.5 Å². The Balaban J connectivity index is 2.31. The number of aromatic nitrogens is 2. The molecule has 14 heavy (non-hydrogen) atoms. The fourth-order valence-electron chi connectivity index (χ4n) is 1.30. The molecule has 4 nitrogen and oxygen atoms in total. The van der Waals surface area contributed by atoms with E-state index in [0.29, 0.717) is 5.02 Å². The summed E-state index contributed by atoms with van der Waals surface area (Å²) in [5.74, 6) is 0. The molecular weight excluding hydrogens is 202 g/mol. The number of aliphatic hydroxyl groups excluding tert-OH is 1. The molecule has 2 N–H and O–H groups in total. The minimum atomic E-state index is 0.142. The number of nitrogens with zero attached hydrogens (tertiary/aromatic N) is 2. The van der Waals surface area contributed by atoms with Crippen molar-refractivity contribution in [3.05, 3.63) is 17.4 Å². The fourth-order valence-corrected chi connectivity index (χ4v) is 1.45. The molecule has 0 aromatic carbocycles. The number of halogens is 1. The lowest BCUT2D eigenvalue weighted by Gasteiger charge is -2.14. The minimum absolute atomic E-state index is 0.142. The molecule has 1 aromatic rings. The minimum Gasteiger partial charge on any atom is -0.395 e. The van der Waals surface area contributed by atoms with Gasteiger partial charge in [0.25, 0.3) is 0 Å². The lowest BCUT2D eigenvalue weighted by Crippen LogP contribution is -2.33. The molecule has 80 valence electrons. The second-order valence-corrected chi connectivity index (χ2v) is 3.58. The molecule has 0 bridgehead atoms. The van der Waals surface area contributed by atoms with Gasteiger partial charge in [0.2, 0.25) is 0 Å². The molecule has 0 spiro atoms. The van der Waals surface area contributed by atoms with Crippen LogP contribution in [0.25, 0.3) is 0 Å². The molecular formula is C9H16ClN3O.